The van der Waals surface area contributed by atoms with Crippen LogP contribution >= 0.6 is 11.6 Å². The van der Waals surface area contributed by atoms with Crippen molar-refractivity contribution in [1.82, 2.24) is 4.90 Å². The van der Waals surface area contributed by atoms with Gasteiger partial charge in [-0.05, 0) is 37.9 Å². The second-order valence-corrected chi connectivity index (χ2v) is 5.32. The average Bonchev–Trinajstić information content (AvgIpc) is 2.71. The summed E-state index contributed by atoms with van der Waals surface area (Å²) in [4.78, 5) is 2.25. The zero-order valence-corrected chi connectivity index (χ0v) is 10.8. The van der Waals surface area contributed by atoms with Crippen LogP contribution in [0.5, 0.6) is 0 Å². The van der Waals surface area contributed by atoms with Crippen LogP contribution in [0.15, 0.2) is 18.2 Å². The molecule has 0 aromatic heterocycles. The van der Waals surface area contributed by atoms with E-state index >= 15 is 0 Å². The lowest BCUT2D eigenvalue weighted by molar-refractivity contribution is 0.304. The minimum Gasteiger partial charge on any atom is -0.328 e. The van der Waals surface area contributed by atoms with E-state index in [1.807, 2.05) is 6.92 Å². The maximum Gasteiger partial charge on any atom is 0.129 e. The van der Waals surface area contributed by atoms with Crippen molar-refractivity contribution in [3.8, 4) is 0 Å². The van der Waals surface area contributed by atoms with Gasteiger partial charge < -0.3 is 5.73 Å². The highest BCUT2D eigenvalue weighted by Gasteiger charge is 2.25. The van der Waals surface area contributed by atoms with E-state index in [1.54, 1.807) is 12.1 Å². The lowest BCUT2D eigenvalue weighted by Crippen LogP contribution is -2.29. The van der Waals surface area contributed by atoms with Gasteiger partial charge in [-0.1, -0.05) is 17.7 Å². The molecule has 2 rings (SSSR count). The summed E-state index contributed by atoms with van der Waals surface area (Å²) in [5, 5.41) is 0.445. The Morgan fingerprint density at radius 1 is 1.59 bits per heavy atom. The third kappa shape index (κ3) is 3.18. The number of benzene rings is 1. The van der Waals surface area contributed by atoms with E-state index in [2.05, 4.69) is 4.90 Å². The van der Waals surface area contributed by atoms with Crippen LogP contribution in [0.4, 0.5) is 4.39 Å². The summed E-state index contributed by atoms with van der Waals surface area (Å²) < 4.78 is 13.6. The molecule has 4 heteroatoms. The molecule has 0 spiro atoms. The van der Waals surface area contributed by atoms with E-state index in [1.165, 1.54) is 6.07 Å². The number of likely N-dealkylation sites (tertiary alicyclic amines) is 1. The maximum absolute atomic E-state index is 13.6. The Morgan fingerprint density at radius 2 is 2.35 bits per heavy atom. The molecule has 0 saturated carbocycles. The molecule has 2 nitrogen and oxygen atoms in total. The number of nitrogens with two attached hydrogens (primary N) is 1. The van der Waals surface area contributed by atoms with Crippen molar-refractivity contribution in [3.05, 3.63) is 34.6 Å². The van der Waals surface area contributed by atoms with Crippen molar-refractivity contribution < 1.29 is 4.39 Å². The van der Waals surface area contributed by atoms with E-state index in [4.69, 9.17) is 17.3 Å². The number of hydrogen-bond donors (Lipinski definition) is 1. The molecular weight excluding hydrogens is 239 g/mol. The molecule has 1 aromatic rings. The zero-order chi connectivity index (χ0) is 12.4. The normalized spacial score (nSPS) is 22.9. The summed E-state index contributed by atoms with van der Waals surface area (Å²) in [6.45, 7) is 4.64. The SMILES string of the molecule is CC(N)C1CCN(Cc2ccc(Cl)cc2F)C1. The first-order valence-electron chi connectivity index (χ1n) is 5.98. The number of halogens is 2. The minimum absolute atomic E-state index is 0.218. The van der Waals surface area contributed by atoms with Crippen LogP contribution in [0, 0.1) is 11.7 Å². The summed E-state index contributed by atoms with van der Waals surface area (Å²) in [6, 6.07) is 5.08. The standard InChI is InChI=1S/C13H18ClFN2/c1-9(16)10-4-5-17(7-10)8-11-2-3-12(14)6-13(11)15/h2-3,6,9-10H,4-5,7-8,16H2,1H3. The number of hydrogen-bond acceptors (Lipinski definition) is 2. The molecule has 0 aliphatic carbocycles. The van der Waals surface area contributed by atoms with Crippen molar-refractivity contribution in [3.63, 3.8) is 0 Å². The molecule has 1 saturated heterocycles. The Morgan fingerprint density at radius 3 is 2.94 bits per heavy atom. The molecular formula is C13H18ClFN2. The fourth-order valence-electron chi connectivity index (χ4n) is 2.33. The van der Waals surface area contributed by atoms with Crippen LogP contribution in [0.25, 0.3) is 0 Å². The Kier molecular flexibility index (Phi) is 4.02. The molecule has 1 fully saturated rings. The topological polar surface area (TPSA) is 29.3 Å². The van der Waals surface area contributed by atoms with Crippen LogP contribution < -0.4 is 5.73 Å². The third-order valence-electron chi connectivity index (χ3n) is 3.46. The molecule has 2 N–H and O–H groups in total. The van der Waals surface area contributed by atoms with Gasteiger partial charge in [0.15, 0.2) is 0 Å². The smallest absolute Gasteiger partial charge is 0.129 e. The van der Waals surface area contributed by atoms with Crippen LogP contribution in [-0.4, -0.2) is 24.0 Å². The molecule has 0 bridgehead atoms. The summed E-state index contributed by atoms with van der Waals surface area (Å²) >= 11 is 5.73. The van der Waals surface area contributed by atoms with Gasteiger partial charge in [0.05, 0.1) is 0 Å². The van der Waals surface area contributed by atoms with Crippen LogP contribution in [-0.2, 0) is 6.54 Å². The van der Waals surface area contributed by atoms with E-state index in [0.29, 0.717) is 23.0 Å². The summed E-state index contributed by atoms with van der Waals surface area (Å²) in [5.41, 5.74) is 6.59. The van der Waals surface area contributed by atoms with Crippen molar-refractivity contribution in [1.29, 1.82) is 0 Å². The van der Waals surface area contributed by atoms with Gasteiger partial charge in [-0.15, -0.1) is 0 Å². The summed E-state index contributed by atoms with van der Waals surface area (Å²) in [6.07, 6.45) is 1.10. The minimum atomic E-state index is -0.221. The first-order chi connectivity index (χ1) is 8.06. The Bertz CT molecular complexity index is 395. The Balaban J connectivity index is 1.98. The van der Waals surface area contributed by atoms with Gasteiger partial charge in [0.2, 0.25) is 0 Å². The monoisotopic (exact) mass is 256 g/mol. The van der Waals surface area contributed by atoms with Crippen LogP contribution in [0.3, 0.4) is 0 Å². The van der Waals surface area contributed by atoms with Crippen molar-refractivity contribution in [2.75, 3.05) is 13.1 Å². The molecule has 1 heterocycles. The van der Waals surface area contributed by atoms with Gasteiger partial charge in [0.25, 0.3) is 0 Å². The van der Waals surface area contributed by atoms with Gasteiger partial charge >= 0.3 is 0 Å². The second-order valence-electron chi connectivity index (χ2n) is 4.88. The van der Waals surface area contributed by atoms with Crippen molar-refractivity contribution in [2.24, 2.45) is 11.7 Å². The van der Waals surface area contributed by atoms with Gasteiger partial charge in [0.1, 0.15) is 5.82 Å². The zero-order valence-electron chi connectivity index (χ0n) is 10.00. The lowest BCUT2D eigenvalue weighted by atomic mass is 10.0. The highest BCUT2D eigenvalue weighted by atomic mass is 35.5. The van der Waals surface area contributed by atoms with Crippen molar-refractivity contribution in [2.45, 2.75) is 25.9 Å². The predicted octanol–water partition coefficient (Wildman–Crippen LogP) is 2.65. The fourth-order valence-corrected chi connectivity index (χ4v) is 2.48. The van der Waals surface area contributed by atoms with Gasteiger partial charge in [0, 0.05) is 29.7 Å². The maximum atomic E-state index is 13.6. The largest absolute Gasteiger partial charge is 0.328 e. The molecule has 1 aromatic carbocycles. The molecule has 1 aliphatic heterocycles. The van der Waals surface area contributed by atoms with E-state index in [9.17, 15) is 4.39 Å². The van der Waals surface area contributed by atoms with Gasteiger partial charge in [-0.3, -0.25) is 4.90 Å². The molecule has 0 amide bonds. The van der Waals surface area contributed by atoms with Crippen LogP contribution in [0.1, 0.15) is 18.9 Å². The highest BCUT2D eigenvalue weighted by molar-refractivity contribution is 6.30. The molecule has 0 radical (unpaired) electrons. The molecule has 2 atom stereocenters. The lowest BCUT2D eigenvalue weighted by Gasteiger charge is -2.18. The Labute approximate surface area is 107 Å². The molecule has 1 aliphatic rings. The highest BCUT2D eigenvalue weighted by Crippen LogP contribution is 2.22. The quantitative estimate of drug-likeness (QED) is 0.901. The Hall–Kier alpha value is -0.640. The van der Waals surface area contributed by atoms with E-state index < -0.39 is 0 Å². The first-order valence-corrected chi connectivity index (χ1v) is 6.36. The van der Waals surface area contributed by atoms with Gasteiger partial charge in [-0.2, -0.15) is 0 Å². The molecule has 17 heavy (non-hydrogen) atoms. The summed E-state index contributed by atoms with van der Waals surface area (Å²) in [5.74, 6) is 0.312. The molecule has 2 unspecified atom stereocenters. The van der Waals surface area contributed by atoms with E-state index in [-0.39, 0.29) is 11.9 Å². The number of nitrogens with zero attached hydrogens (tertiary/aromatic N) is 1. The average molecular weight is 257 g/mol. The second kappa shape index (κ2) is 5.34. The number of rotatable bonds is 3. The third-order valence-corrected chi connectivity index (χ3v) is 3.70. The summed E-state index contributed by atoms with van der Waals surface area (Å²) in [7, 11) is 0. The van der Waals surface area contributed by atoms with Gasteiger partial charge in [-0.25, -0.2) is 4.39 Å². The van der Waals surface area contributed by atoms with E-state index in [0.717, 1.165) is 19.5 Å². The first kappa shape index (κ1) is 12.8. The molecule has 94 valence electrons. The fraction of sp³-hybridized carbons (Fsp3) is 0.538. The van der Waals surface area contributed by atoms with Crippen molar-refractivity contribution >= 4 is 11.6 Å². The predicted molar refractivity (Wildman–Crippen MR) is 68.4 cm³/mol. The van der Waals surface area contributed by atoms with Crippen LogP contribution in [0.2, 0.25) is 5.02 Å².